The zero-order valence-corrected chi connectivity index (χ0v) is 7.03. The Hall–Kier alpha value is -0.120. The lowest BCUT2D eigenvalue weighted by Gasteiger charge is -2.35. The summed E-state index contributed by atoms with van der Waals surface area (Å²) in [7, 11) is 0. The van der Waals surface area contributed by atoms with Crippen molar-refractivity contribution >= 4 is 0 Å². The van der Waals surface area contributed by atoms with Gasteiger partial charge >= 0.3 is 0 Å². The maximum absolute atomic E-state index is 9.37. The topological polar surface area (TPSA) is 49.7 Å². The first kappa shape index (κ1) is 8.97. The predicted molar refractivity (Wildman–Crippen MR) is 41.2 cm³/mol. The molecule has 0 aromatic carbocycles. The monoisotopic (exact) mass is 160 g/mol. The number of rotatable bonds is 1. The lowest BCUT2D eigenvalue weighted by Crippen LogP contribution is -2.44. The minimum absolute atomic E-state index is 0.0851. The lowest BCUT2D eigenvalue weighted by molar-refractivity contribution is -0.148. The standard InChI is InChI=1S/C8H16O3/c1-5-3-7(10)8(4-9)11-6(5)2/h5-10H,3-4H2,1-2H3. The first-order chi connectivity index (χ1) is 5.15. The van der Waals surface area contributed by atoms with Crippen LogP contribution in [-0.4, -0.2) is 35.1 Å². The van der Waals surface area contributed by atoms with Gasteiger partial charge in [-0.1, -0.05) is 6.92 Å². The van der Waals surface area contributed by atoms with Crippen molar-refractivity contribution in [3.63, 3.8) is 0 Å². The SMILES string of the molecule is CC1CC(O)C(CO)OC1C. The number of ether oxygens (including phenoxy) is 1. The highest BCUT2D eigenvalue weighted by Crippen LogP contribution is 2.24. The number of hydrogen-bond acceptors (Lipinski definition) is 3. The molecule has 1 aliphatic rings. The third-order valence-electron chi connectivity index (χ3n) is 2.41. The lowest BCUT2D eigenvalue weighted by atomic mass is 9.92. The Labute approximate surface area is 67.0 Å². The van der Waals surface area contributed by atoms with Crippen molar-refractivity contribution < 1.29 is 14.9 Å². The van der Waals surface area contributed by atoms with Crippen molar-refractivity contribution in [2.45, 2.75) is 38.6 Å². The van der Waals surface area contributed by atoms with Crippen LogP contribution in [0, 0.1) is 5.92 Å². The van der Waals surface area contributed by atoms with Crippen LogP contribution < -0.4 is 0 Å². The summed E-state index contributed by atoms with van der Waals surface area (Å²) >= 11 is 0. The summed E-state index contributed by atoms with van der Waals surface area (Å²) in [5, 5.41) is 18.2. The molecule has 3 nitrogen and oxygen atoms in total. The van der Waals surface area contributed by atoms with Crippen molar-refractivity contribution in [1.82, 2.24) is 0 Å². The van der Waals surface area contributed by atoms with E-state index < -0.39 is 6.10 Å². The second-order valence-electron chi connectivity index (χ2n) is 3.34. The van der Waals surface area contributed by atoms with Crippen LogP contribution in [0.2, 0.25) is 0 Å². The van der Waals surface area contributed by atoms with Gasteiger partial charge in [0, 0.05) is 0 Å². The summed E-state index contributed by atoms with van der Waals surface area (Å²) in [5.74, 6) is 0.382. The average Bonchev–Trinajstić information content (AvgIpc) is 1.97. The molecule has 0 amide bonds. The van der Waals surface area contributed by atoms with E-state index in [1.807, 2.05) is 13.8 Å². The van der Waals surface area contributed by atoms with Crippen LogP contribution >= 0.6 is 0 Å². The van der Waals surface area contributed by atoms with E-state index in [1.165, 1.54) is 0 Å². The summed E-state index contributed by atoms with van der Waals surface area (Å²) in [6.45, 7) is 3.93. The van der Waals surface area contributed by atoms with Gasteiger partial charge in [-0.15, -0.1) is 0 Å². The van der Waals surface area contributed by atoms with E-state index in [-0.39, 0.29) is 18.8 Å². The number of hydrogen-bond donors (Lipinski definition) is 2. The molecule has 2 N–H and O–H groups in total. The van der Waals surface area contributed by atoms with Crippen LogP contribution in [-0.2, 0) is 4.74 Å². The van der Waals surface area contributed by atoms with Crippen LogP contribution in [0.5, 0.6) is 0 Å². The van der Waals surface area contributed by atoms with Gasteiger partial charge < -0.3 is 14.9 Å². The third-order valence-corrected chi connectivity index (χ3v) is 2.41. The Balaban J connectivity index is 2.48. The van der Waals surface area contributed by atoms with Crippen molar-refractivity contribution in [1.29, 1.82) is 0 Å². The van der Waals surface area contributed by atoms with Crippen LogP contribution in [0.15, 0.2) is 0 Å². The molecule has 0 radical (unpaired) electrons. The average molecular weight is 160 g/mol. The molecule has 11 heavy (non-hydrogen) atoms. The molecule has 0 saturated carbocycles. The van der Waals surface area contributed by atoms with E-state index in [9.17, 15) is 5.11 Å². The van der Waals surface area contributed by atoms with Gasteiger partial charge in [0.05, 0.1) is 18.8 Å². The van der Waals surface area contributed by atoms with E-state index in [4.69, 9.17) is 9.84 Å². The van der Waals surface area contributed by atoms with Gasteiger partial charge in [0.1, 0.15) is 6.10 Å². The van der Waals surface area contributed by atoms with Gasteiger partial charge in [-0.2, -0.15) is 0 Å². The van der Waals surface area contributed by atoms with E-state index >= 15 is 0 Å². The zero-order valence-electron chi connectivity index (χ0n) is 7.03. The Bertz CT molecular complexity index is 127. The second kappa shape index (κ2) is 3.52. The maximum atomic E-state index is 9.37. The Morgan fingerprint density at radius 3 is 2.64 bits per heavy atom. The third kappa shape index (κ3) is 1.92. The van der Waals surface area contributed by atoms with Crippen molar-refractivity contribution in [2.24, 2.45) is 5.92 Å². The van der Waals surface area contributed by atoms with E-state index in [0.29, 0.717) is 5.92 Å². The normalized spacial score (nSPS) is 45.8. The summed E-state index contributed by atoms with van der Waals surface area (Å²) < 4.78 is 5.36. The molecule has 3 heteroatoms. The molecule has 1 aliphatic heterocycles. The molecule has 0 aliphatic carbocycles. The first-order valence-electron chi connectivity index (χ1n) is 4.09. The molecule has 1 heterocycles. The minimum atomic E-state index is -0.494. The van der Waals surface area contributed by atoms with Crippen LogP contribution in [0.4, 0.5) is 0 Å². The fourth-order valence-electron chi connectivity index (χ4n) is 1.39. The van der Waals surface area contributed by atoms with Crippen LogP contribution in [0.25, 0.3) is 0 Å². The largest absolute Gasteiger partial charge is 0.394 e. The molecular formula is C8H16O3. The highest BCUT2D eigenvalue weighted by molar-refractivity contribution is 4.80. The van der Waals surface area contributed by atoms with Crippen molar-refractivity contribution in [3.8, 4) is 0 Å². The molecule has 1 rings (SSSR count). The summed E-state index contributed by atoms with van der Waals surface area (Å²) in [5.41, 5.74) is 0. The molecule has 0 spiro atoms. The highest BCUT2D eigenvalue weighted by Gasteiger charge is 2.31. The quantitative estimate of drug-likeness (QED) is 0.574. The minimum Gasteiger partial charge on any atom is -0.394 e. The summed E-state index contributed by atoms with van der Waals surface area (Å²) in [6.07, 6.45) is 0.00907. The van der Waals surface area contributed by atoms with Gasteiger partial charge in [-0.05, 0) is 19.3 Å². The molecule has 1 saturated heterocycles. The zero-order chi connectivity index (χ0) is 8.43. The predicted octanol–water partition coefficient (Wildman–Crippen LogP) is 0.153. The van der Waals surface area contributed by atoms with Crippen LogP contribution in [0.3, 0.4) is 0 Å². The number of aliphatic hydroxyl groups is 2. The fourth-order valence-corrected chi connectivity index (χ4v) is 1.39. The Morgan fingerprint density at radius 1 is 1.45 bits per heavy atom. The maximum Gasteiger partial charge on any atom is 0.107 e. The fraction of sp³-hybridized carbons (Fsp3) is 1.00. The second-order valence-corrected chi connectivity index (χ2v) is 3.34. The molecule has 0 aromatic heterocycles. The van der Waals surface area contributed by atoms with E-state index in [2.05, 4.69) is 0 Å². The summed E-state index contributed by atoms with van der Waals surface area (Å²) in [6, 6.07) is 0. The van der Waals surface area contributed by atoms with Gasteiger partial charge in [-0.3, -0.25) is 0 Å². The van der Waals surface area contributed by atoms with Crippen LogP contribution in [0.1, 0.15) is 20.3 Å². The summed E-state index contributed by atoms with van der Waals surface area (Å²) in [4.78, 5) is 0. The van der Waals surface area contributed by atoms with Gasteiger partial charge in [-0.25, -0.2) is 0 Å². The molecule has 4 unspecified atom stereocenters. The first-order valence-corrected chi connectivity index (χ1v) is 4.09. The molecule has 0 aromatic rings. The van der Waals surface area contributed by atoms with Crippen molar-refractivity contribution in [2.75, 3.05) is 6.61 Å². The molecular weight excluding hydrogens is 144 g/mol. The van der Waals surface area contributed by atoms with E-state index in [0.717, 1.165) is 6.42 Å². The Kier molecular flexibility index (Phi) is 2.87. The van der Waals surface area contributed by atoms with Gasteiger partial charge in [0.25, 0.3) is 0 Å². The van der Waals surface area contributed by atoms with Gasteiger partial charge in [0.2, 0.25) is 0 Å². The smallest absolute Gasteiger partial charge is 0.107 e. The van der Waals surface area contributed by atoms with Crippen molar-refractivity contribution in [3.05, 3.63) is 0 Å². The molecule has 66 valence electrons. The highest BCUT2D eigenvalue weighted by atomic mass is 16.5. The molecule has 0 bridgehead atoms. The van der Waals surface area contributed by atoms with Gasteiger partial charge in [0.15, 0.2) is 0 Å². The molecule has 4 atom stereocenters. The van der Waals surface area contributed by atoms with E-state index in [1.54, 1.807) is 0 Å². The number of aliphatic hydroxyl groups excluding tert-OH is 2. The Morgan fingerprint density at radius 2 is 2.09 bits per heavy atom. The molecule has 1 fully saturated rings.